The van der Waals surface area contributed by atoms with E-state index in [2.05, 4.69) is 40.9 Å². The van der Waals surface area contributed by atoms with Gasteiger partial charge in [0.15, 0.2) is 5.96 Å². The SMILES string of the molecule is CCNC(=NCC1CCN(Cc2nc(C)c(C)o2)CC1)N1CCC(C(CC)CC)C1. The van der Waals surface area contributed by atoms with E-state index < -0.39 is 0 Å². The van der Waals surface area contributed by atoms with E-state index in [0.717, 1.165) is 74.4 Å². The molecular formula is C24H43N5O. The first-order valence-electron chi connectivity index (χ1n) is 12.2. The molecule has 2 fully saturated rings. The van der Waals surface area contributed by atoms with Crippen molar-refractivity contribution in [3.05, 3.63) is 17.3 Å². The summed E-state index contributed by atoms with van der Waals surface area (Å²) in [6, 6.07) is 0. The molecule has 2 aliphatic heterocycles. The van der Waals surface area contributed by atoms with Crippen LogP contribution in [0.15, 0.2) is 9.41 Å². The monoisotopic (exact) mass is 417 g/mol. The molecule has 30 heavy (non-hydrogen) atoms. The average molecular weight is 418 g/mol. The van der Waals surface area contributed by atoms with Crippen LogP contribution in [-0.4, -0.2) is 60.0 Å². The van der Waals surface area contributed by atoms with E-state index in [1.165, 1.54) is 38.6 Å². The molecule has 1 unspecified atom stereocenters. The standard InChI is InChI=1S/C24H43N5O/c1-6-21(7-2)22-11-14-29(16-22)24(25-8-3)26-15-20-9-12-28(13-10-20)17-23-27-18(4)19(5)30-23/h20-22H,6-17H2,1-5H3,(H,25,26). The summed E-state index contributed by atoms with van der Waals surface area (Å²) in [7, 11) is 0. The second kappa shape index (κ2) is 11.2. The molecule has 0 aromatic carbocycles. The summed E-state index contributed by atoms with van der Waals surface area (Å²) < 4.78 is 5.76. The third kappa shape index (κ3) is 5.99. The minimum absolute atomic E-state index is 0.681. The fourth-order valence-electron chi connectivity index (χ4n) is 5.09. The molecule has 3 rings (SSSR count). The highest BCUT2D eigenvalue weighted by Gasteiger charge is 2.29. The molecule has 170 valence electrons. The van der Waals surface area contributed by atoms with Gasteiger partial charge in [-0.1, -0.05) is 26.7 Å². The van der Waals surface area contributed by atoms with Crippen molar-refractivity contribution in [3.8, 4) is 0 Å². The van der Waals surface area contributed by atoms with Gasteiger partial charge in [-0.3, -0.25) is 9.89 Å². The Morgan fingerprint density at radius 2 is 1.87 bits per heavy atom. The molecule has 0 saturated carbocycles. The third-order valence-corrected chi connectivity index (χ3v) is 7.21. The lowest BCUT2D eigenvalue weighted by molar-refractivity contribution is 0.166. The van der Waals surface area contributed by atoms with Gasteiger partial charge in [0.05, 0.1) is 12.2 Å². The van der Waals surface area contributed by atoms with Crippen LogP contribution >= 0.6 is 0 Å². The molecule has 1 N–H and O–H groups in total. The maximum absolute atomic E-state index is 5.76. The Kier molecular flexibility index (Phi) is 8.61. The molecular weight excluding hydrogens is 374 g/mol. The van der Waals surface area contributed by atoms with Gasteiger partial charge in [0, 0.05) is 26.2 Å². The number of aromatic nitrogens is 1. The number of oxazole rings is 1. The molecule has 6 nitrogen and oxygen atoms in total. The van der Waals surface area contributed by atoms with Crippen molar-refractivity contribution in [1.82, 2.24) is 20.1 Å². The van der Waals surface area contributed by atoms with Crippen molar-refractivity contribution >= 4 is 5.96 Å². The summed E-state index contributed by atoms with van der Waals surface area (Å²) in [5.74, 6) is 5.31. The first-order chi connectivity index (χ1) is 14.5. The number of aryl methyl sites for hydroxylation is 2. The van der Waals surface area contributed by atoms with Gasteiger partial charge in [-0.15, -0.1) is 0 Å². The van der Waals surface area contributed by atoms with Gasteiger partial charge in [-0.05, 0) is 70.9 Å². The molecule has 6 heteroatoms. The summed E-state index contributed by atoms with van der Waals surface area (Å²) in [6.45, 7) is 18.1. The fraction of sp³-hybridized carbons (Fsp3) is 0.833. The van der Waals surface area contributed by atoms with E-state index in [-0.39, 0.29) is 0 Å². The number of hydrogen-bond acceptors (Lipinski definition) is 4. The highest BCUT2D eigenvalue weighted by molar-refractivity contribution is 5.80. The molecule has 0 aliphatic carbocycles. The van der Waals surface area contributed by atoms with Crippen LogP contribution in [0.2, 0.25) is 0 Å². The molecule has 0 bridgehead atoms. The van der Waals surface area contributed by atoms with Crippen molar-refractivity contribution in [2.24, 2.45) is 22.7 Å². The maximum Gasteiger partial charge on any atom is 0.208 e. The summed E-state index contributed by atoms with van der Waals surface area (Å²) in [6.07, 6.45) is 6.33. The van der Waals surface area contributed by atoms with Gasteiger partial charge in [-0.2, -0.15) is 0 Å². The van der Waals surface area contributed by atoms with Crippen molar-refractivity contribution in [2.75, 3.05) is 39.3 Å². The van der Waals surface area contributed by atoms with Gasteiger partial charge in [0.25, 0.3) is 0 Å². The number of hydrogen-bond donors (Lipinski definition) is 1. The van der Waals surface area contributed by atoms with Crippen LogP contribution in [0.25, 0.3) is 0 Å². The van der Waals surface area contributed by atoms with Crippen molar-refractivity contribution < 1.29 is 4.42 Å². The minimum atomic E-state index is 0.681. The molecule has 1 atom stereocenters. The number of aliphatic imine (C=N–C) groups is 1. The van der Waals surface area contributed by atoms with E-state index in [0.29, 0.717) is 5.92 Å². The largest absolute Gasteiger partial charge is 0.444 e. The van der Waals surface area contributed by atoms with Crippen LogP contribution in [0.5, 0.6) is 0 Å². The zero-order valence-corrected chi connectivity index (χ0v) is 19.9. The quantitative estimate of drug-likeness (QED) is 0.507. The van der Waals surface area contributed by atoms with Crippen LogP contribution in [0.4, 0.5) is 0 Å². The summed E-state index contributed by atoms with van der Waals surface area (Å²) in [5.41, 5.74) is 1.01. The lowest BCUT2D eigenvalue weighted by Gasteiger charge is -2.31. The predicted molar refractivity (Wildman–Crippen MR) is 124 cm³/mol. The Bertz CT molecular complexity index is 654. The summed E-state index contributed by atoms with van der Waals surface area (Å²) >= 11 is 0. The molecule has 0 spiro atoms. The molecule has 3 heterocycles. The van der Waals surface area contributed by atoms with E-state index in [1.807, 2.05) is 13.8 Å². The van der Waals surface area contributed by atoms with Crippen LogP contribution in [-0.2, 0) is 6.54 Å². The Morgan fingerprint density at radius 3 is 2.47 bits per heavy atom. The smallest absolute Gasteiger partial charge is 0.208 e. The zero-order valence-electron chi connectivity index (χ0n) is 19.9. The maximum atomic E-state index is 5.76. The number of nitrogens with one attached hydrogen (secondary N) is 1. The molecule has 1 aromatic rings. The molecule has 1 aromatic heterocycles. The normalized spacial score (nSPS) is 21.7. The molecule has 0 radical (unpaired) electrons. The third-order valence-electron chi connectivity index (χ3n) is 7.21. The Labute approximate surface area is 183 Å². The van der Waals surface area contributed by atoms with E-state index in [4.69, 9.17) is 9.41 Å². The molecule has 2 aliphatic rings. The zero-order chi connectivity index (χ0) is 21.5. The van der Waals surface area contributed by atoms with E-state index >= 15 is 0 Å². The lowest BCUT2D eigenvalue weighted by Crippen LogP contribution is -2.41. The highest BCUT2D eigenvalue weighted by Crippen LogP contribution is 2.29. The van der Waals surface area contributed by atoms with Crippen LogP contribution < -0.4 is 5.32 Å². The Hall–Kier alpha value is -1.56. The van der Waals surface area contributed by atoms with E-state index in [1.54, 1.807) is 0 Å². The summed E-state index contributed by atoms with van der Waals surface area (Å²) in [4.78, 5) is 14.6. The predicted octanol–water partition coefficient (Wildman–Crippen LogP) is 4.23. The van der Waals surface area contributed by atoms with Crippen LogP contribution in [0, 0.1) is 31.6 Å². The number of guanidine groups is 1. The number of rotatable bonds is 8. The lowest BCUT2D eigenvalue weighted by atomic mass is 9.87. The topological polar surface area (TPSA) is 56.9 Å². The second-order valence-corrected chi connectivity index (χ2v) is 9.23. The van der Waals surface area contributed by atoms with Gasteiger partial charge < -0.3 is 14.6 Å². The van der Waals surface area contributed by atoms with Crippen molar-refractivity contribution in [1.29, 1.82) is 0 Å². The Morgan fingerprint density at radius 1 is 1.13 bits per heavy atom. The summed E-state index contributed by atoms with van der Waals surface area (Å²) in [5, 5.41) is 3.55. The molecule has 0 amide bonds. The first-order valence-corrected chi connectivity index (χ1v) is 12.2. The van der Waals surface area contributed by atoms with Crippen molar-refractivity contribution in [2.45, 2.75) is 73.3 Å². The van der Waals surface area contributed by atoms with Gasteiger partial charge in [0.1, 0.15) is 5.76 Å². The van der Waals surface area contributed by atoms with Crippen LogP contribution in [0.1, 0.15) is 70.2 Å². The first kappa shape index (κ1) is 23.1. The Balaban J connectivity index is 1.47. The van der Waals surface area contributed by atoms with Gasteiger partial charge >= 0.3 is 0 Å². The van der Waals surface area contributed by atoms with Gasteiger partial charge in [0.2, 0.25) is 5.89 Å². The minimum Gasteiger partial charge on any atom is -0.444 e. The van der Waals surface area contributed by atoms with Crippen LogP contribution in [0.3, 0.4) is 0 Å². The highest BCUT2D eigenvalue weighted by atomic mass is 16.4. The van der Waals surface area contributed by atoms with Gasteiger partial charge in [-0.25, -0.2) is 4.98 Å². The number of likely N-dealkylation sites (tertiary alicyclic amines) is 2. The average Bonchev–Trinajstić information content (AvgIpc) is 3.34. The van der Waals surface area contributed by atoms with E-state index in [9.17, 15) is 0 Å². The molecule has 2 saturated heterocycles. The van der Waals surface area contributed by atoms with Crippen molar-refractivity contribution in [3.63, 3.8) is 0 Å². The second-order valence-electron chi connectivity index (χ2n) is 9.23. The number of nitrogens with zero attached hydrogens (tertiary/aromatic N) is 4. The number of piperidine rings is 1. The fourth-order valence-corrected chi connectivity index (χ4v) is 5.09.